The van der Waals surface area contributed by atoms with Crippen LogP contribution in [0, 0.1) is 0 Å². The van der Waals surface area contributed by atoms with E-state index in [1.165, 1.54) is 0 Å². The minimum Gasteiger partial charge on any atom is -0.480 e. The van der Waals surface area contributed by atoms with Crippen LogP contribution in [0.3, 0.4) is 0 Å². The third kappa shape index (κ3) is 5.09. The van der Waals surface area contributed by atoms with Crippen LogP contribution in [0.25, 0.3) is 0 Å². The minimum atomic E-state index is -3.26. The molecule has 1 saturated heterocycles. The van der Waals surface area contributed by atoms with Gasteiger partial charge in [-0.15, -0.1) is 0 Å². The van der Waals surface area contributed by atoms with Crippen molar-refractivity contribution in [3.63, 3.8) is 0 Å². The van der Waals surface area contributed by atoms with Crippen molar-refractivity contribution in [1.82, 2.24) is 10.6 Å². The number of hydrogen-bond acceptors (Lipinski definition) is 5. The Morgan fingerprint density at radius 2 is 2.05 bits per heavy atom. The zero-order valence-electron chi connectivity index (χ0n) is 11.8. The van der Waals surface area contributed by atoms with E-state index < -0.39 is 33.3 Å². The van der Waals surface area contributed by atoms with Gasteiger partial charge < -0.3 is 15.7 Å². The largest absolute Gasteiger partial charge is 0.480 e. The second kappa shape index (κ2) is 6.53. The highest BCUT2D eigenvalue weighted by Crippen LogP contribution is 2.19. The summed E-state index contributed by atoms with van der Waals surface area (Å²) < 4.78 is 22.2. The molecule has 1 amide bonds. The number of nitrogens with one attached hydrogen (secondary N) is 2. The molecule has 2 atom stereocenters. The van der Waals surface area contributed by atoms with Crippen LogP contribution in [0.5, 0.6) is 0 Å². The SMILES string of the molecule is CC1(C(=O)NC(CCS(C)(=O)=O)C(=O)O)CCCCN1. The first-order valence-corrected chi connectivity index (χ1v) is 8.67. The summed E-state index contributed by atoms with van der Waals surface area (Å²) in [5.74, 6) is -1.88. The molecule has 0 aromatic carbocycles. The van der Waals surface area contributed by atoms with Crippen molar-refractivity contribution in [2.75, 3.05) is 18.6 Å². The third-order valence-corrected chi connectivity index (χ3v) is 4.48. The third-order valence-electron chi connectivity index (χ3n) is 3.50. The fraction of sp³-hybridized carbons (Fsp3) is 0.833. The molecule has 1 aliphatic heterocycles. The van der Waals surface area contributed by atoms with Gasteiger partial charge in [0.15, 0.2) is 0 Å². The molecule has 0 aromatic heterocycles. The second-order valence-corrected chi connectivity index (χ2v) is 7.76. The molecule has 20 heavy (non-hydrogen) atoms. The van der Waals surface area contributed by atoms with Crippen molar-refractivity contribution in [3.05, 3.63) is 0 Å². The molecular formula is C12H22N2O5S. The Bertz CT molecular complexity index is 468. The number of amides is 1. The Morgan fingerprint density at radius 1 is 1.40 bits per heavy atom. The Balaban J connectivity index is 2.65. The molecule has 7 nitrogen and oxygen atoms in total. The average Bonchev–Trinajstić information content (AvgIpc) is 2.33. The number of aliphatic carboxylic acids is 1. The maximum Gasteiger partial charge on any atom is 0.326 e. The molecule has 0 saturated carbocycles. The van der Waals surface area contributed by atoms with Crippen LogP contribution < -0.4 is 10.6 Å². The lowest BCUT2D eigenvalue weighted by molar-refractivity contribution is -0.143. The van der Waals surface area contributed by atoms with Crippen LogP contribution in [0.1, 0.15) is 32.6 Å². The topological polar surface area (TPSA) is 113 Å². The quantitative estimate of drug-likeness (QED) is 0.611. The van der Waals surface area contributed by atoms with Crippen LogP contribution in [-0.2, 0) is 19.4 Å². The molecule has 0 radical (unpaired) electrons. The van der Waals surface area contributed by atoms with Crippen molar-refractivity contribution >= 4 is 21.7 Å². The number of piperidine rings is 1. The molecule has 1 aliphatic rings. The highest BCUT2D eigenvalue weighted by atomic mass is 32.2. The van der Waals surface area contributed by atoms with Gasteiger partial charge >= 0.3 is 5.97 Å². The van der Waals surface area contributed by atoms with Crippen LogP contribution >= 0.6 is 0 Å². The molecule has 0 aliphatic carbocycles. The standard InChI is InChI=1S/C12H22N2O5S/c1-12(6-3-4-7-13-12)11(17)14-9(10(15)16)5-8-20(2,18)19/h9,13H,3-8H2,1-2H3,(H,14,17)(H,15,16). The number of hydrogen-bond donors (Lipinski definition) is 3. The van der Waals surface area contributed by atoms with Gasteiger partial charge in [-0.05, 0) is 39.2 Å². The van der Waals surface area contributed by atoms with E-state index >= 15 is 0 Å². The van der Waals surface area contributed by atoms with E-state index in [-0.39, 0.29) is 12.2 Å². The number of carbonyl (C=O) groups excluding carboxylic acids is 1. The van der Waals surface area contributed by atoms with E-state index in [4.69, 9.17) is 5.11 Å². The molecule has 2 unspecified atom stereocenters. The van der Waals surface area contributed by atoms with E-state index in [9.17, 15) is 18.0 Å². The summed E-state index contributed by atoms with van der Waals surface area (Å²) in [6, 6.07) is -1.18. The predicted octanol–water partition coefficient (Wildman–Crippen LogP) is -0.477. The Hall–Kier alpha value is -1.15. The van der Waals surface area contributed by atoms with Gasteiger partial charge in [-0.25, -0.2) is 13.2 Å². The maximum atomic E-state index is 12.2. The molecule has 0 aromatic rings. The van der Waals surface area contributed by atoms with Crippen molar-refractivity contribution < 1.29 is 23.1 Å². The zero-order valence-corrected chi connectivity index (χ0v) is 12.6. The first kappa shape index (κ1) is 16.9. The van der Waals surface area contributed by atoms with Gasteiger partial charge in [-0.3, -0.25) is 4.79 Å². The van der Waals surface area contributed by atoms with Gasteiger partial charge in [-0.1, -0.05) is 0 Å². The molecule has 1 fully saturated rings. The van der Waals surface area contributed by atoms with Crippen LogP contribution in [-0.4, -0.2) is 55.5 Å². The monoisotopic (exact) mass is 306 g/mol. The Labute approximate surface area is 119 Å². The van der Waals surface area contributed by atoms with E-state index in [1.807, 2.05) is 0 Å². The predicted molar refractivity (Wildman–Crippen MR) is 74.2 cm³/mol. The zero-order chi connectivity index (χ0) is 15.4. The maximum absolute atomic E-state index is 12.2. The molecular weight excluding hydrogens is 284 g/mol. The number of carboxylic acid groups (broad SMARTS) is 1. The summed E-state index contributed by atoms with van der Waals surface area (Å²) in [5, 5.41) is 14.6. The molecule has 1 heterocycles. The summed E-state index contributed by atoms with van der Waals surface area (Å²) in [5.41, 5.74) is -0.781. The van der Waals surface area contributed by atoms with Crippen LogP contribution in [0.2, 0.25) is 0 Å². The van der Waals surface area contributed by atoms with E-state index in [0.29, 0.717) is 13.0 Å². The Kier molecular flexibility index (Phi) is 5.52. The first-order valence-electron chi connectivity index (χ1n) is 6.60. The second-order valence-electron chi connectivity index (χ2n) is 5.50. The van der Waals surface area contributed by atoms with Gasteiger partial charge in [0.05, 0.1) is 11.3 Å². The van der Waals surface area contributed by atoms with Gasteiger partial charge in [0, 0.05) is 6.26 Å². The number of sulfone groups is 1. The summed E-state index contributed by atoms with van der Waals surface area (Å²) in [7, 11) is -3.26. The minimum absolute atomic E-state index is 0.129. The Morgan fingerprint density at radius 3 is 2.50 bits per heavy atom. The molecule has 3 N–H and O–H groups in total. The van der Waals surface area contributed by atoms with Gasteiger partial charge in [0.1, 0.15) is 15.9 Å². The fourth-order valence-corrected chi connectivity index (χ4v) is 2.82. The summed E-state index contributed by atoms with van der Waals surface area (Å²) in [6.45, 7) is 2.45. The summed E-state index contributed by atoms with van der Waals surface area (Å²) >= 11 is 0. The van der Waals surface area contributed by atoms with Gasteiger partial charge in [0.2, 0.25) is 5.91 Å². The van der Waals surface area contributed by atoms with E-state index in [1.54, 1.807) is 6.92 Å². The van der Waals surface area contributed by atoms with Crippen LogP contribution in [0.4, 0.5) is 0 Å². The summed E-state index contributed by atoms with van der Waals surface area (Å²) in [4.78, 5) is 23.3. The van der Waals surface area contributed by atoms with Gasteiger partial charge in [0.25, 0.3) is 0 Å². The van der Waals surface area contributed by atoms with Crippen molar-refractivity contribution in [3.8, 4) is 0 Å². The molecule has 0 bridgehead atoms. The molecule has 0 spiro atoms. The van der Waals surface area contributed by atoms with Gasteiger partial charge in [-0.2, -0.15) is 0 Å². The van der Waals surface area contributed by atoms with Crippen molar-refractivity contribution in [1.29, 1.82) is 0 Å². The first-order chi connectivity index (χ1) is 9.14. The lowest BCUT2D eigenvalue weighted by Gasteiger charge is -2.34. The molecule has 1 rings (SSSR count). The normalized spacial score (nSPS) is 24.9. The molecule has 116 valence electrons. The average molecular weight is 306 g/mol. The van der Waals surface area contributed by atoms with E-state index in [2.05, 4.69) is 10.6 Å². The van der Waals surface area contributed by atoms with E-state index in [0.717, 1.165) is 19.1 Å². The number of rotatable bonds is 6. The summed E-state index contributed by atoms with van der Waals surface area (Å²) in [6.07, 6.45) is 3.43. The molecule has 8 heteroatoms. The highest BCUT2D eigenvalue weighted by molar-refractivity contribution is 7.90. The fourth-order valence-electron chi connectivity index (χ4n) is 2.16. The van der Waals surface area contributed by atoms with Crippen molar-refractivity contribution in [2.24, 2.45) is 0 Å². The van der Waals surface area contributed by atoms with Crippen molar-refractivity contribution in [2.45, 2.75) is 44.2 Å². The number of carboxylic acids is 1. The highest BCUT2D eigenvalue weighted by Gasteiger charge is 2.36. The smallest absolute Gasteiger partial charge is 0.326 e. The lowest BCUT2D eigenvalue weighted by Crippen LogP contribution is -2.59. The number of carbonyl (C=O) groups is 2. The lowest BCUT2D eigenvalue weighted by atomic mass is 9.89. The van der Waals surface area contributed by atoms with Crippen LogP contribution in [0.15, 0.2) is 0 Å².